The first-order chi connectivity index (χ1) is 14.6. The van der Waals surface area contributed by atoms with E-state index in [0.717, 1.165) is 6.07 Å². The monoisotopic (exact) mass is 443 g/mol. The number of hydrogen-bond acceptors (Lipinski definition) is 5. The lowest BCUT2D eigenvalue weighted by Crippen LogP contribution is -2.39. The highest BCUT2D eigenvalue weighted by Gasteiger charge is 2.33. The summed E-state index contributed by atoms with van der Waals surface area (Å²) in [5.41, 5.74) is 1.41. The average molecular weight is 443 g/mol. The van der Waals surface area contributed by atoms with E-state index >= 15 is 0 Å². The molecule has 172 valence electrons. The van der Waals surface area contributed by atoms with E-state index in [2.05, 4.69) is 10.7 Å². The fraction of sp³-hybridized carbons (Fsp3) is 0.550. The number of rotatable bonds is 7. The number of nitrogens with one attached hydrogen (secondary N) is 2. The second-order valence-electron chi connectivity index (χ2n) is 7.53. The molecule has 11 heteroatoms. The topological polar surface area (TPSA) is 85.0 Å². The SMILES string of the molecule is CN(C)NC(=O)CCC(=O)N1CCCN(CC(=O)Nc2ccccc2C(F)(F)F)CC1. The third kappa shape index (κ3) is 8.18. The van der Waals surface area contributed by atoms with Crippen LogP contribution < -0.4 is 10.7 Å². The zero-order valence-electron chi connectivity index (χ0n) is 17.7. The molecule has 0 radical (unpaired) electrons. The minimum atomic E-state index is -4.56. The summed E-state index contributed by atoms with van der Waals surface area (Å²) in [6, 6.07) is 4.84. The first kappa shape index (κ1) is 24.6. The average Bonchev–Trinajstić information content (AvgIpc) is 2.90. The second kappa shape index (κ2) is 11.1. The second-order valence-corrected chi connectivity index (χ2v) is 7.53. The Morgan fingerprint density at radius 1 is 1.00 bits per heavy atom. The summed E-state index contributed by atoms with van der Waals surface area (Å²) in [6.45, 7) is 1.78. The molecular formula is C20H28F3N5O3. The van der Waals surface area contributed by atoms with Gasteiger partial charge in [0.2, 0.25) is 17.7 Å². The van der Waals surface area contributed by atoms with Crippen molar-refractivity contribution >= 4 is 23.4 Å². The molecule has 3 amide bonds. The zero-order chi connectivity index (χ0) is 23.0. The van der Waals surface area contributed by atoms with Crippen LogP contribution in [0.15, 0.2) is 24.3 Å². The maximum Gasteiger partial charge on any atom is 0.418 e. The predicted octanol–water partition coefficient (Wildman–Crippen LogP) is 1.55. The van der Waals surface area contributed by atoms with Gasteiger partial charge in [0.15, 0.2) is 0 Å². The number of nitrogens with zero attached hydrogens (tertiary/aromatic N) is 3. The molecule has 1 aromatic carbocycles. The fourth-order valence-corrected chi connectivity index (χ4v) is 3.29. The molecule has 2 N–H and O–H groups in total. The van der Waals surface area contributed by atoms with Crippen LogP contribution in [0.2, 0.25) is 0 Å². The van der Waals surface area contributed by atoms with Crippen molar-refractivity contribution in [1.29, 1.82) is 0 Å². The van der Waals surface area contributed by atoms with Gasteiger partial charge in [-0.25, -0.2) is 5.01 Å². The molecule has 8 nitrogen and oxygen atoms in total. The lowest BCUT2D eigenvalue weighted by atomic mass is 10.1. The molecule has 1 fully saturated rings. The predicted molar refractivity (Wildman–Crippen MR) is 109 cm³/mol. The Labute approximate surface area is 179 Å². The Hall–Kier alpha value is -2.66. The lowest BCUT2D eigenvalue weighted by molar-refractivity contribution is -0.137. The molecule has 1 aliphatic heterocycles. The van der Waals surface area contributed by atoms with Crippen LogP contribution in [-0.2, 0) is 20.6 Å². The number of carbonyl (C=O) groups excluding carboxylic acids is 3. The van der Waals surface area contributed by atoms with Crippen molar-refractivity contribution in [2.45, 2.75) is 25.4 Å². The van der Waals surface area contributed by atoms with Gasteiger partial charge in [0.1, 0.15) is 0 Å². The molecule has 1 saturated heterocycles. The molecule has 0 spiro atoms. The largest absolute Gasteiger partial charge is 0.418 e. The summed E-state index contributed by atoms with van der Waals surface area (Å²) in [7, 11) is 3.36. The third-order valence-electron chi connectivity index (χ3n) is 4.73. The molecule has 31 heavy (non-hydrogen) atoms. The van der Waals surface area contributed by atoms with E-state index in [9.17, 15) is 27.6 Å². The molecule has 0 saturated carbocycles. The number of halogens is 3. The summed E-state index contributed by atoms with van der Waals surface area (Å²) >= 11 is 0. The maximum absolute atomic E-state index is 13.1. The zero-order valence-corrected chi connectivity index (χ0v) is 17.7. The van der Waals surface area contributed by atoms with Crippen LogP contribution in [0, 0.1) is 0 Å². The van der Waals surface area contributed by atoms with Crippen LogP contribution in [0.1, 0.15) is 24.8 Å². The van der Waals surface area contributed by atoms with E-state index in [1.165, 1.54) is 23.2 Å². The van der Waals surface area contributed by atoms with Crippen molar-refractivity contribution in [1.82, 2.24) is 20.2 Å². The molecule has 0 aliphatic carbocycles. The normalized spacial score (nSPS) is 15.5. The van der Waals surface area contributed by atoms with Crippen molar-refractivity contribution in [3.05, 3.63) is 29.8 Å². The van der Waals surface area contributed by atoms with E-state index in [-0.39, 0.29) is 36.9 Å². The van der Waals surface area contributed by atoms with Crippen molar-refractivity contribution in [3.63, 3.8) is 0 Å². The number of para-hydroxylation sites is 1. The van der Waals surface area contributed by atoms with Gasteiger partial charge >= 0.3 is 6.18 Å². The summed E-state index contributed by atoms with van der Waals surface area (Å²) in [5.74, 6) is -0.929. The van der Waals surface area contributed by atoms with Gasteiger partial charge in [-0.05, 0) is 18.6 Å². The van der Waals surface area contributed by atoms with Gasteiger partial charge in [-0.2, -0.15) is 13.2 Å². The van der Waals surface area contributed by atoms with Crippen molar-refractivity contribution in [2.75, 3.05) is 52.1 Å². The van der Waals surface area contributed by atoms with E-state index in [0.29, 0.717) is 32.6 Å². The molecule has 1 aromatic rings. The van der Waals surface area contributed by atoms with Crippen LogP contribution in [0.25, 0.3) is 0 Å². The van der Waals surface area contributed by atoms with Crippen molar-refractivity contribution in [3.8, 4) is 0 Å². The van der Waals surface area contributed by atoms with Gasteiger partial charge in [-0.1, -0.05) is 12.1 Å². The Kier molecular flexibility index (Phi) is 8.81. The van der Waals surface area contributed by atoms with Gasteiger partial charge in [-0.15, -0.1) is 0 Å². The van der Waals surface area contributed by atoms with Gasteiger partial charge < -0.3 is 10.2 Å². The minimum Gasteiger partial charge on any atom is -0.341 e. The number of hydrogen-bond donors (Lipinski definition) is 2. The summed E-state index contributed by atoms with van der Waals surface area (Å²) in [4.78, 5) is 39.8. The van der Waals surface area contributed by atoms with E-state index < -0.39 is 17.6 Å². The first-order valence-electron chi connectivity index (χ1n) is 9.99. The highest BCUT2D eigenvalue weighted by atomic mass is 19.4. The minimum absolute atomic E-state index is 0.0700. The smallest absolute Gasteiger partial charge is 0.341 e. The Morgan fingerprint density at radius 3 is 2.39 bits per heavy atom. The van der Waals surface area contributed by atoms with Crippen LogP contribution in [0.4, 0.5) is 18.9 Å². The van der Waals surface area contributed by atoms with Crippen LogP contribution in [0.3, 0.4) is 0 Å². The molecule has 2 rings (SSSR count). The number of benzene rings is 1. The quantitative estimate of drug-likeness (QED) is 0.625. The first-order valence-corrected chi connectivity index (χ1v) is 9.99. The molecular weight excluding hydrogens is 415 g/mol. The molecule has 0 unspecified atom stereocenters. The van der Waals surface area contributed by atoms with E-state index in [1.54, 1.807) is 23.9 Å². The number of anilines is 1. The number of amides is 3. The number of hydrazine groups is 1. The molecule has 1 heterocycles. The van der Waals surface area contributed by atoms with E-state index in [1.807, 2.05) is 0 Å². The van der Waals surface area contributed by atoms with Gasteiger partial charge in [-0.3, -0.25) is 24.7 Å². The highest BCUT2D eigenvalue weighted by Crippen LogP contribution is 2.34. The number of carbonyl (C=O) groups is 3. The maximum atomic E-state index is 13.1. The van der Waals surface area contributed by atoms with Crippen LogP contribution >= 0.6 is 0 Å². The fourth-order valence-electron chi connectivity index (χ4n) is 3.29. The standard InChI is InChI=1S/C20H28F3N5O3/c1-26(2)25-17(29)8-9-19(31)28-11-5-10-27(12-13-28)14-18(30)24-16-7-4-3-6-15(16)20(21,22)23/h3-4,6-7H,5,8-14H2,1-2H3,(H,24,30)(H,25,29). The van der Waals surface area contributed by atoms with Crippen molar-refractivity contribution in [2.24, 2.45) is 0 Å². The lowest BCUT2D eigenvalue weighted by Gasteiger charge is -2.22. The Morgan fingerprint density at radius 2 is 1.71 bits per heavy atom. The number of alkyl halides is 3. The van der Waals surface area contributed by atoms with Gasteiger partial charge in [0.25, 0.3) is 0 Å². The van der Waals surface area contributed by atoms with Gasteiger partial charge in [0, 0.05) is 53.1 Å². The highest BCUT2D eigenvalue weighted by molar-refractivity contribution is 5.93. The Bertz CT molecular complexity index is 786. The molecule has 1 aliphatic rings. The molecule has 0 bridgehead atoms. The summed E-state index contributed by atoms with van der Waals surface area (Å²) in [5, 5.41) is 3.85. The van der Waals surface area contributed by atoms with Crippen molar-refractivity contribution < 1.29 is 27.6 Å². The Balaban J connectivity index is 1.83. The van der Waals surface area contributed by atoms with Gasteiger partial charge in [0.05, 0.1) is 17.8 Å². The molecule has 0 atom stereocenters. The molecule has 0 aromatic heterocycles. The summed E-state index contributed by atoms with van der Waals surface area (Å²) in [6.07, 6.45) is -3.76. The van der Waals surface area contributed by atoms with E-state index in [4.69, 9.17) is 0 Å². The summed E-state index contributed by atoms with van der Waals surface area (Å²) < 4.78 is 39.2. The van der Waals surface area contributed by atoms with Crippen LogP contribution in [-0.4, -0.2) is 79.3 Å². The third-order valence-corrected chi connectivity index (χ3v) is 4.73. The van der Waals surface area contributed by atoms with Crippen LogP contribution in [0.5, 0.6) is 0 Å².